The van der Waals surface area contributed by atoms with Crippen molar-refractivity contribution in [2.75, 3.05) is 18.5 Å². The van der Waals surface area contributed by atoms with Gasteiger partial charge < -0.3 is 10.1 Å². The summed E-state index contributed by atoms with van der Waals surface area (Å²) in [7, 11) is 0. The molecule has 3 rings (SSSR count). The maximum absolute atomic E-state index is 12.2. The van der Waals surface area contributed by atoms with Crippen molar-refractivity contribution in [1.29, 1.82) is 0 Å². The van der Waals surface area contributed by atoms with E-state index in [0.29, 0.717) is 23.9 Å². The first-order chi connectivity index (χ1) is 10.6. The number of nitrogens with one attached hydrogen (secondary N) is 2. The zero-order valence-electron chi connectivity index (χ0n) is 12.9. The van der Waals surface area contributed by atoms with Gasteiger partial charge in [-0.25, -0.2) is 0 Å². The van der Waals surface area contributed by atoms with E-state index in [2.05, 4.69) is 20.6 Å². The van der Waals surface area contributed by atoms with Crippen LogP contribution in [0.2, 0.25) is 0 Å². The first kappa shape index (κ1) is 14.8. The number of rotatable bonds is 4. The lowest BCUT2D eigenvalue weighted by Crippen LogP contribution is -2.15. The van der Waals surface area contributed by atoms with Gasteiger partial charge in [0.25, 0.3) is 5.91 Å². The molecule has 0 aliphatic carbocycles. The SMILES string of the molecule is CC(C)n1cc(C(=O)Nc2cc([C@H]3CCCOC3)[nH]n2)cn1. The van der Waals surface area contributed by atoms with E-state index in [-0.39, 0.29) is 11.9 Å². The van der Waals surface area contributed by atoms with E-state index in [1.165, 1.54) is 0 Å². The minimum Gasteiger partial charge on any atom is -0.381 e. The van der Waals surface area contributed by atoms with Gasteiger partial charge in [0, 0.05) is 36.5 Å². The van der Waals surface area contributed by atoms with Crippen molar-refractivity contribution in [3.05, 3.63) is 29.7 Å². The van der Waals surface area contributed by atoms with Gasteiger partial charge in [-0.3, -0.25) is 14.6 Å². The van der Waals surface area contributed by atoms with Crippen LogP contribution in [0, 0.1) is 0 Å². The van der Waals surface area contributed by atoms with Crippen molar-refractivity contribution in [2.45, 2.75) is 38.6 Å². The van der Waals surface area contributed by atoms with Gasteiger partial charge in [-0.2, -0.15) is 10.2 Å². The van der Waals surface area contributed by atoms with Crippen molar-refractivity contribution < 1.29 is 9.53 Å². The number of aromatic amines is 1. The Labute approximate surface area is 129 Å². The third kappa shape index (κ3) is 3.19. The summed E-state index contributed by atoms with van der Waals surface area (Å²) >= 11 is 0. The highest BCUT2D eigenvalue weighted by molar-refractivity contribution is 6.03. The van der Waals surface area contributed by atoms with Crippen molar-refractivity contribution >= 4 is 11.7 Å². The van der Waals surface area contributed by atoms with Crippen LogP contribution in [-0.4, -0.2) is 39.1 Å². The number of anilines is 1. The predicted molar refractivity (Wildman–Crippen MR) is 81.9 cm³/mol. The lowest BCUT2D eigenvalue weighted by Gasteiger charge is -2.20. The van der Waals surface area contributed by atoms with Crippen LogP contribution in [0.15, 0.2) is 18.5 Å². The molecule has 0 radical (unpaired) electrons. The number of carbonyl (C=O) groups excluding carboxylic acids is 1. The van der Waals surface area contributed by atoms with Crippen molar-refractivity contribution in [2.24, 2.45) is 0 Å². The maximum Gasteiger partial charge on any atom is 0.260 e. The van der Waals surface area contributed by atoms with Gasteiger partial charge in [-0.15, -0.1) is 0 Å². The van der Waals surface area contributed by atoms with Crippen LogP contribution >= 0.6 is 0 Å². The number of hydrogen-bond donors (Lipinski definition) is 2. The van der Waals surface area contributed by atoms with Gasteiger partial charge in [0.2, 0.25) is 0 Å². The highest BCUT2D eigenvalue weighted by atomic mass is 16.5. The number of H-pyrrole nitrogens is 1. The molecule has 2 N–H and O–H groups in total. The molecule has 7 heteroatoms. The second-order valence-electron chi connectivity index (χ2n) is 5.88. The lowest BCUT2D eigenvalue weighted by atomic mass is 9.99. The Hall–Kier alpha value is -2.15. The molecule has 1 saturated heterocycles. The number of aromatic nitrogens is 4. The average molecular weight is 303 g/mol. The van der Waals surface area contributed by atoms with E-state index < -0.39 is 0 Å². The summed E-state index contributed by atoms with van der Waals surface area (Å²) < 4.78 is 7.23. The maximum atomic E-state index is 12.2. The molecule has 1 amide bonds. The van der Waals surface area contributed by atoms with E-state index in [4.69, 9.17) is 4.74 Å². The van der Waals surface area contributed by atoms with Crippen LogP contribution in [-0.2, 0) is 4.74 Å². The summed E-state index contributed by atoms with van der Waals surface area (Å²) in [5, 5.41) is 14.1. The highest BCUT2D eigenvalue weighted by Crippen LogP contribution is 2.25. The molecule has 3 heterocycles. The quantitative estimate of drug-likeness (QED) is 0.908. The van der Waals surface area contributed by atoms with E-state index >= 15 is 0 Å². The minimum absolute atomic E-state index is 0.204. The molecule has 0 aromatic carbocycles. The Kier molecular flexibility index (Phi) is 4.24. The van der Waals surface area contributed by atoms with Gasteiger partial charge >= 0.3 is 0 Å². The van der Waals surface area contributed by atoms with Gasteiger partial charge in [-0.1, -0.05) is 0 Å². The fourth-order valence-electron chi connectivity index (χ4n) is 2.52. The van der Waals surface area contributed by atoms with Crippen LogP contribution in [0.25, 0.3) is 0 Å². The summed E-state index contributed by atoms with van der Waals surface area (Å²) in [5.41, 5.74) is 1.53. The Morgan fingerprint density at radius 3 is 3.09 bits per heavy atom. The molecule has 1 aliphatic rings. The average Bonchev–Trinajstić information content (AvgIpc) is 3.17. The molecular weight excluding hydrogens is 282 g/mol. The number of ether oxygens (including phenoxy) is 1. The molecule has 118 valence electrons. The summed E-state index contributed by atoms with van der Waals surface area (Å²) in [6.45, 7) is 5.56. The molecule has 2 aromatic rings. The molecule has 0 spiro atoms. The fourth-order valence-corrected chi connectivity index (χ4v) is 2.52. The normalized spacial score (nSPS) is 18.6. The first-order valence-electron chi connectivity index (χ1n) is 7.62. The van der Waals surface area contributed by atoms with E-state index in [1.54, 1.807) is 17.1 Å². The lowest BCUT2D eigenvalue weighted by molar-refractivity contribution is 0.0793. The molecule has 1 aliphatic heterocycles. The summed E-state index contributed by atoms with van der Waals surface area (Å²) in [6, 6.07) is 2.11. The third-order valence-corrected chi connectivity index (χ3v) is 3.83. The largest absolute Gasteiger partial charge is 0.381 e. The van der Waals surface area contributed by atoms with Gasteiger partial charge in [0.15, 0.2) is 5.82 Å². The highest BCUT2D eigenvalue weighted by Gasteiger charge is 2.19. The zero-order valence-corrected chi connectivity index (χ0v) is 12.9. The Balaban J connectivity index is 1.65. The Morgan fingerprint density at radius 2 is 2.41 bits per heavy atom. The van der Waals surface area contributed by atoms with Crippen molar-refractivity contribution in [3.8, 4) is 0 Å². The fraction of sp³-hybridized carbons (Fsp3) is 0.533. The predicted octanol–water partition coefficient (Wildman–Crippen LogP) is 2.33. The Bertz CT molecular complexity index is 640. The third-order valence-electron chi connectivity index (χ3n) is 3.83. The smallest absolute Gasteiger partial charge is 0.260 e. The van der Waals surface area contributed by atoms with Crippen LogP contribution in [0.4, 0.5) is 5.82 Å². The zero-order chi connectivity index (χ0) is 15.5. The molecule has 1 atom stereocenters. The number of carbonyl (C=O) groups is 1. The molecule has 0 unspecified atom stereocenters. The van der Waals surface area contributed by atoms with Crippen LogP contribution in [0.1, 0.15) is 54.7 Å². The van der Waals surface area contributed by atoms with Gasteiger partial charge in [-0.05, 0) is 26.7 Å². The van der Waals surface area contributed by atoms with Crippen LogP contribution in [0.5, 0.6) is 0 Å². The molecular formula is C15H21N5O2. The number of amides is 1. The summed E-state index contributed by atoms with van der Waals surface area (Å²) in [6.07, 6.45) is 5.44. The molecule has 1 fully saturated rings. The van der Waals surface area contributed by atoms with E-state index in [0.717, 1.165) is 25.1 Å². The minimum atomic E-state index is -0.204. The summed E-state index contributed by atoms with van der Waals surface area (Å²) in [4.78, 5) is 12.2. The second kappa shape index (κ2) is 6.31. The second-order valence-corrected chi connectivity index (χ2v) is 5.88. The van der Waals surface area contributed by atoms with Gasteiger partial charge in [0.05, 0.1) is 18.4 Å². The molecule has 22 heavy (non-hydrogen) atoms. The first-order valence-corrected chi connectivity index (χ1v) is 7.62. The number of nitrogens with zero attached hydrogens (tertiary/aromatic N) is 3. The van der Waals surface area contributed by atoms with E-state index in [1.807, 2.05) is 19.9 Å². The molecule has 2 aromatic heterocycles. The van der Waals surface area contributed by atoms with Crippen LogP contribution < -0.4 is 5.32 Å². The summed E-state index contributed by atoms with van der Waals surface area (Å²) in [5.74, 6) is 0.656. The topological polar surface area (TPSA) is 84.8 Å². The standard InChI is InChI=1S/C15H21N5O2/c1-10(2)20-8-12(7-16-20)15(21)17-14-6-13(18-19-14)11-4-3-5-22-9-11/h6-8,10-11H,3-5,9H2,1-2H3,(H2,17,18,19,21)/t11-/m0/s1. The Morgan fingerprint density at radius 1 is 1.55 bits per heavy atom. The molecule has 7 nitrogen and oxygen atoms in total. The van der Waals surface area contributed by atoms with Crippen molar-refractivity contribution in [1.82, 2.24) is 20.0 Å². The van der Waals surface area contributed by atoms with Gasteiger partial charge in [0.1, 0.15) is 0 Å². The van der Waals surface area contributed by atoms with Crippen molar-refractivity contribution in [3.63, 3.8) is 0 Å². The molecule has 0 bridgehead atoms. The van der Waals surface area contributed by atoms with E-state index in [9.17, 15) is 4.79 Å². The monoisotopic (exact) mass is 303 g/mol. The van der Waals surface area contributed by atoms with Crippen LogP contribution in [0.3, 0.4) is 0 Å². The molecule has 0 saturated carbocycles. The number of hydrogen-bond acceptors (Lipinski definition) is 4.